The van der Waals surface area contributed by atoms with Crippen molar-refractivity contribution in [2.45, 2.75) is 39.3 Å². The normalized spacial score (nSPS) is 19.1. The van der Waals surface area contributed by atoms with Crippen molar-refractivity contribution in [3.8, 4) is 5.75 Å². The summed E-state index contributed by atoms with van der Waals surface area (Å²) in [5, 5.41) is 2.96. The summed E-state index contributed by atoms with van der Waals surface area (Å²) < 4.78 is 10.3. The third-order valence-electron chi connectivity index (χ3n) is 4.60. The van der Waals surface area contributed by atoms with E-state index in [4.69, 9.17) is 9.47 Å². The van der Waals surface area contributed by atoms with Crippen molar-refractivity contribution in [3.63, 3.8) is 0 Å². The van der Waals surface area contributed by atoms with Gasteiger partial charge in [-0.2, -0.15) is 0 Å². The number of benzene rings is 1. The number of carbonyl (C=O) groups excluding carboxylic acids is 2. The Morgan fingerprint density at radius 1 is 1.40 bits per heavy atom. The Balaban J connectivity index is 1.87. The van der Waals surface area contributed by atoms with Crippen molar-refractivity contribution < 1.29 is 19.1 Å². The van der Waals surface area contributed by atoms with Gasteiger partial charge in [-0.1, -0.05) is 12.1 Å². The zero-order chi connectivity index (χ0) is 18.2. The zero-order valence-corrected chi connectivity index (χ0v) is 15.3. The van der Waals surface area contributed by atoms with Crippen LogP contribution in [0.1, 0.15) is 32.3 Å². The maximum absolute atomic E-state index is 12.5. The van der Waals surface area contributed by atoms with E-state index in [1.807, 2.05) is 38.1 Å². The molecule has 2 unspecified atom stereocenters. The fraction of sp³-hybridized carbons (Fsp3) is 0.579. The number of hydrogen-bond donors (Lipinski definition) is 1. The molecule has 6 nitrogen and oxygen atoms in total. The van der Waals surface area contributed by atoms with Gasteiger partial charge in [0.2, 0.25) is 5.91 Å². The first-order valence-electron chi connectivity index (χ1n) is 8.86. The molecule has 1 fully saturated rings. The zero-order valence-electron chi connectivity index (χ0n) is 15.3. The van der Waals surface area contributed by atoms with Crippen LogP contribution in [0, 0.1) is 5.92 Å². The van der Waals surface area contributed by atoms with Crippen molar-refractivity contribution >= 4 is 11.9 Å². The third kappa shape index (κ3) is 5.46. The van der Waals surface area contributed by atoms with Crippen LogP contribution in [0.5, 0.6) is 5.75 Å². The number of amides is 1. The number of hydrogen-bond acceptors (Lipinski definition) is 5. The van der Waals surface area contributed by atoms with Crippen LogP contribution in [-0.4, -0.2) is 49.6 Å². The Labute approximate surface area is 149 Å². The molecule has 0 saturated carbocycles. The van der Waals surface area contributed by atoms with Crippen LogP contribution in [0.4, 0.5) is 0 Å². The molecule has 1 N–H and O–H groups in total. The third-order valence-corrected chi connectivity index (χ3v) is 4.60. The van der Waals surface area contributed by atoms with Crippen molar-refractivity contribution in [2.24, 2.45) is 5.92 Å². The second-order valence-electron chi connectivity index (χ2n) is 6.33. The minimum Gasteiger partial charge on any atom is -0.497 e. The van der Waals surface area contributed by atoms with Gasteiger partial charge in [0.05, 0.1) is 25.7 Å². The Hall–Kier alpha value is -2.08. The van der Waals surface area contributed by atoms with Crippen LogP contribution in [0.25, 0.3) is 0 Å². The second kappa shape index (κ2) is 9.42. The quantitative estimate of drug-likeness (QED) is 0.763. The maximum atomic E-state index is 12.5. The smallest absolute Gasteiger partial charge is 0.310 e. The molecule has 1 aliphatic rings. The number of piperidine rings is 1. The fourth-order valence-electron chi connectivity index (χ4n) is 3.10. The van der Waals surface area contributed by atoms with E-state index in [0.717, 1.165) is 30.7 Å². The number of ether oxygens (including phenoxy) is 2. The molecule has 0 aliphatic carbocycles. The summed E-state index contributed by atoms with van der Waals surface area (Å²) in [6.07, 6.45) is 1.73. The van der Waals surface area contributed by atoms with Gasteiger partial charge in [0.25, 0.3) is 0 Å². The molecule has 0 aromatic heterocycles. The molecule has 6 heteroatoms. The van der Waals surface area contributed by atoms with Gasteiger partial charge in [-0.25, -0.2) is 0 Å². The van der Waals surface area contributed by atoms with Crippen LogP contribution in [0.15, 0.2) is 24.3 Å². The molecular weight excluding hydrogens is 320 g/mol. The van der Waals surface area contributed by atoms with Crippen LogP contribution in [0.2, 0.25) is 0 Å². The highest BCUT2D eigenvalue weighted by Crippen LogP contribution is 2.20. The van der Waals surface area contributed by atoms with E-state index in [0.29, 0.717) is 19.7 Å². The molecule has 1 aromatic carbocycles. The summed E-state index contributed by atoms with van der Waals surface area (Å²) >= 11 is 0. The van der Waals surface area contributed by atoms with E-state index in [2.05, 4.69) is 10.2 Å². The fourth-order valence-corrected chi connectivity index (χ4v) is 3.10. The lowest BCUT2D eigenvalue weighted by Gasteiger charge is -2.35. The molecule has 138 valence electrons. The first-order chi connectivity index (χ1) is 12.0. The molecule has 0 spiro atoms. The van der Waals surface area contributed by atoms with E-state index in [1.54, 1.807) is 7.11 Å². The van der Waals surface area contributed by atoms with Crippen molar-refractivity contribution in [1.29, 1.82) is 0 Å². The molecule has 25 heavy (non-hydrogen) atoms. The van der Waals surface area contributed by atoms with E-state index in [9.17, 15) is 9.59 Å². The summed E-state index contributed by atoms with van der Waals surface area (Å²) in [4.78, 5) is 26.5. The number of nitrogens with zero attached hydrogens (tertiary/aromatic N) is 1. The van der Waals surface area contributed by atoms with Crippen LogP contribution < -0.4 is 10.1 Å². The van der Waals surface area contributed by atoms with E-state index in [1.165, 1.54) is 0 Å². The molecule has 1 heterocycles. The van der Waals surface area contributed by atoms with Gasteiger partial charge in [0.1, 0.15) is 5.75 Å². The second-order valence-corrected chi connectivity index (χ2v) is 6.33. The van der Waals surface area contributed by atoms with E-state index in [-0.39, 0.29) is 23.8 Å². The van der Waals surface area contributed by atoms with Gasteiger partial charge in [0.15, 0.2) is 0 Å². The van der Waals surface area contributed by atoms with Crippen molar-refractivity contribution in [3.05, 3.63) is 29.8 Å². The predicted octanol–water partition coefficient (Wildman–Crippen LogP) is 1.97. The number of rotatable bonds is 7. The minimum atomic E-state index is -0.275. The highest BCUT2D eigenvalue weighted by Gasteiger charge is 2.31. The van der Waals surface area contributed by atoms with Crippen molar-refractivity contribution in [1.82, 2.24) is 10.2 Å². The molecule has 1 aliphatic heterocycles. The lowest BCUT2D eigenvalue weighted by molar-refractivity contribution is -0.151. The van der Waals surface area contributed by atoms with E-state index >= 15 is 0 Å². The Bertz CT molecular complexity index is 591. The average molecular weight is 348 g/mol. The summed E-state index contributed by atoms with van der Waals surface area (Å²) in [5.41, 5.74) is 0.989. The molecule has 2 rings (SSSR count). The van der Waals surface area contributed by atoms with Crippen LogP contribution in [-0.2, 0) is 20.9 Å². The Kier molecular flexibility index (Phi) is 7.25. The Morgan fingerprint density at radius 3 is 2.92 bits per heavy atom. The van der Waals surface area contributed by atoms with Gasteiger partial charge in [0, 0.05) is 13.1 Å². The summed E-state index contributed by atoms with van der Waals surface area (Å²) in [6.45, 7) is 5.94. The average Bonchev–Trinajstić information content (AvgIpc) is 2.66. The topological polar surface area (TPSA) is 67.9 Å². The van der Waals surface area contributed by atoms with Gasteiger partial charge in [-0.3, -0.25) is 14.5 Å². The monoisotopic (exact) mass is 348 g/mol. The molecule has 0 bridgehead atoms. The molecule has 0 radical (unpaired) electrons. The summed E-state index contributed by atoms with van der Waals surface area (Å²) in [6, 6.07) is 7.35. The highest BCUT2D eigenvalue weighted by molar-refractivity contribution is 5.81. The number of esters is 1. The number of methoxy groups -OCH3 is 1. The molecule has 1 amide bonds. The lowest BCUT2D eigenvalue weighted by atomic mass is 9.97. The van der Waals surface area contributed by atoms with Crippen LogP contribution in [0.3, 0.4) is 0 Å². The van der Waals surface area contributed by atoms with Gasteiger partial charge in [-0.05, 0) is 50.9 Å². The van der Waals surface area contributed by atoms with E-state index < -0.39 is 0 Å². The van der Waals surface area contributed by atoms with Crippen molar-refractivity contribution in [2.75, 3.05) is 26.8 Å². The van der Waals surface area contributed by atoms with Gasteiger partial charge >= 0.3 is 5.97 Å². The SMILES string of the molecule is CCOC(=O)C1CCCN(C(C)C(=O)NCc2cccc(OC)c2)C1. The summed E-state index contributed by atoms with van der Waals surface area (Å²) in [7, 11) is 1.62. The lowest BCUT2D eigenvalue weighted by Crippen LogP contribution is -2.50. The van der Waals surface area contributed by atoms with Crippen LogP contribution >= 0.6 is 0 Å². The first-order valence-corrected chi connectivity index (χ1v) is 8.86. The maximum Gasteiger partial charge on any atom is 0.310 e. The number of likely N-dealkylation sites (tertiary alicyclic amines) is 1. The largest absolute Gasteiger partial charge is 0.497 e. The Morgan fingerprint density at radius 2 is 2.20 bits per heavy atom. The molecular formula is C19H28N2O4. The minimum absolute atomic E-state index is 0.0349. The standard InChI is InChI=1S/C19H28N2O4/c1-4-25-19(23)16-8-6-10-21(13-16)14(2)18(22)20-12-15-7-5-9-17(11-15)24-3/h5,7,9,11,14,16H,4,6,8,10,12-13H2,1-3H3,(H,20,22). The predicted molar refractivity (Wildman–Crippen MR) is 95.2 cm³/mol. The number of nitrogens with one attached hydrogen (secondary N) is 1. The highest BCUT2D eigenvalue weighted by atomic mass is 16.5. The molecule has 2 atom stereocenters. The van der Waals surface area contributed by atoms with Gasteiger partial charge < -0.3 is 14.8 Å². The first kappa shape index (κ1) is 19.2. The van der Waals surface area contributed by atoms with Gasteiger partial charge in [-0.15, -0.1) is 0 Å². The molecule has 1 aromatic rings. The molecule has 1 saturated heterocycles. The summed E-state index contributed by atoms with van der Waals surface area (Å²) in [5.74, 6) is 0.443. The number of carbonyl (C=O) groups is 2.